The summed E-state index contributed by atoms with van der Waals surface area (Å²) >= 11 is 0. The highest BCUT2D eigenvalue weighted by Crippen LogP contribution is 2.33. The minimum Gasteiger partial charge on any atom is -0.477 e. The Morgan fingerprint density at radius 1 is 1.28 bits per heavy atom. The van der Waals surface area contributed by atoms with Crippen LogP contribution in [0.15, 0.2) is 18.2 Å². The first-order valence-electron chi connectivity index (χ1n) is 8.81. The van der Waals surface area contributed by atoms with Crippen molar-refractivity contribution in [2.45, 2.75) is 57.7 Å². The van der Waals surface area contributed by atoms with E-state index in [2.05, 4.69) is 0 Å². The molecule has 2 amide bonds. The Kier molecular flexibility index (Phi) is 5.96. The third-order valence-corrected chi connectivity index (χ3v) is 4.31. The quantitative estimate of drug-likeness (QED) is 0.658. The van der Waals surface area contributed by atoms with E-state index in [-0.39, 0.29) is 30.5 Å². The number of benzene rings is 1. The molecule has 1 atom stereocenters. The fraction of sp³-hybridized carbons (Fsp3) is 0.474. The molecule has 1 heterocycles. The van der Waals surface area contributed by atoms with Gasteiger partial charge in [0, 0.05) is 24.1 Å². The number of carbonyl (C=O) groups excluding carboxylic acids is 3. The van der Waals surface area contributed by atoms with Crippen molar-refractivity contribution in [1.29, 1.82) is 0 Å². The molecular weight excluding hydrogens is 390 g/mol. The number of fused-ring (bicyclic) bond motifs is 1. The summed E-state index contributed by atoms with van der Waals surface area (Å²) in [4.78, 5) is 48.2. The van der Waals surface area contributed by atoms with Gasteiger partial charge in [-0.25, -0.2) is 4.79 Å². The number of amides is 2. The predicted molar refractivity (Wildman–Crippen MR) is 95.9 cm³/mol. The molecule has 0 saturated heterocycles. The van der Waals surface area contributed by atoms with Crippen LogP contribution in [0.3, 0.4) is 0 Å². The topological polar surface area (TPSA) is 127 Å². The standard InChI is InChI=1S/C19H22F2N2O6/c1-18(2,3)29-14(24)7-6-13(15(22)25)23-9-10-8-11(19(20,21)17(27)28)4-5-12(10)16(23)26/h4-5,8,13H,6-7,9H2,1-3H3,(H2,22,25)(H,27,28). The molecule has 0 spiro atoms. The Bertz CT molecular complexity index is 863. The van der Waals surface area contributed by atoms with Gasteiger partial charge in [0.2, 0.25) is 5.91 Å². The minimum absolute atomic E-state index is 0.0680. The summed E-state index contributed by atoms with van der Waals surface area (Å²) in [5.41, 5.74) is 4.11. The van der Waals surface area contributed by atoms with Gasteiger partial charge < -0.3 is 20.5 Å². The molecule has 29 heavy (non-hydrogen) atoms. The second-order valence-electron chi connectivity index (χ2n) is 7.73. The van der Waals surface area contributed by atoms with Gasteiger partial charge in [0.05, 0.1) is 0 Å². The van der Waals surface area contributed by atoms with Crippen LogP contribution in [0.2, 0.25) is 0 Å². The molecule has 1 aliphatic heterocycles. The monoisotopic (exact) mass is 412 g/mol. The number of halogens is 2. The van der Waals surface area contributed by atoms with Crippen LogP contribution in [-0.4, -0.2) is 45.4 Å². The van der Waals surface area contributed by atoms with Crippen LogP contribution in [0.25, 0.3) is 0 Å². The number of carboxylic acid groups (broad SMARTS) is 1. The van der Waals surface area contributed by atoms with Gasteiger partial charge in [0.1, 0.15) is 11.6 Å². The van der Waals surface area contributed by atoms with Gasteiger partial charge in [-0.1, -0.05) is 6.07 Å². The SMILES string of the molecule is CC(C)(C)OC(=O)CCC(C(N)=O)N1Cc2cc(C(F)(F)C(=O)O)ccc2C1=O. The van der Waals surface area contributed by atoms with Gasteiger partial charge in [-0.15, -0.1) is 0 Å². The summed E-state index contributed by atoms with van der Waals surface area (Å²) < 4.78 is 32.7. The van der Waals surface area contributed by atoms with Crippen LogP contribution in [-0.2, 0) is 31.6 Å². The van der Waals surface area contributed by atoms with E-state index >= 15 is 0 Å². The number of alkyl halides is 2. The molecule has 3 N–H and O–H groups in total. The summed E-state index contributed by atoms with van der Waals surface area (Å²) in [5, 5.41) is 8.68. The smallest absolute Gasteiger partial charge is 0.379 e. The van der Waals surface area contributed by atoms with Crippen molar-refractivity contribution in [2.75, 3.05) is 0 Å². The van der Waals surface area contributed by atoms with E-state index in [9.17, 15) is 28.0 Å². The number of primary amides is 1. The fourth-order valence-electron chi connectivity index (χ4n) is 3.01. The highest BCUT2D eigenvalue weighted by Gasteiger charge is 2.43. The van der Waals surface area contributed by atoms with Crippen molar-refractivity contribution in [1.82, 2.24) is 4.90 Å². The van der Waals surface area contributed by atoms with Crippen LogP contribution < -0.4 is 5.73 Å². The minimum atomic E-state index is -4.12. The summed E-state index contributed by atoms with van der Waals surface area (Å²) in [5.74, 6) is -8.48. The summed E-state index contributed by atoms with van der Waals surface area (Å²) in [6, 6.07) is 1.73. The molecule has 1 aromatic carbocycles. The van der Waals surface area contributed by atoms with E-state index < -0.39 is 46.9 Å². The Morgan fingerprint density at radius 3 is 2.41 bits per heavy atom. The molecule has 0 saturated carbocycles. The summed E-state index contributed by atoms with van der Waals surface area (Å²) in [6.45, 7) is 4.84. The number of aliphatic carboxylic acids is 1. The van der Waals surface area contributed by atoms with E-state index in [1.165, 1.54) is 0 Å². The number of esters is 1. The molecule has 0 bridgehead atoms. The molecule has 0 aliphatic carbocycles. The molecule has 2 rings (SSSR count). The van der Waals surface area contributed by atoms with Crippen molar-refractivity contribution in [3.63, 3.8) is 0 Å². The van der Waals surface area contributed by atoms with Crippen molar-refractivity contribution in [3.8, 4) is 0 Å². The number of nitrogens with two attached hydrogens (primary N) is 1. The maximum atomic E-state index is 13.7. The number of hydrogen-bond donors (Lipinski definition) is 2. The number of nitrogens with zero attached hydrogens (tertiary/aromatic N) is 1. The molecule has 1 aliphatic rings. The molecule has 0 fully saturated rings. The summed E-state index contributed by atoms with van der Waals surface area (Å²) in [7, 11) is 0. The lowest BCUT2D eigenvalue weighted by Gasteiger charge is -2.25. The zero-order chi connectivity index (χ0) is 22.1. The van der Waals surface area contributed by atoms with Crippen molar-refractivity contribution in [2.24, 2.45) is 5.73 Å². The second kappa shape index (κ2) is 7.76. The van der Waals surface area contributed by atoms with E-state index in [0.29, 0.717) is 0 Å². The first-order chi connectivity index (χ1) is 13.2. The molecule has 0 radical (unpaired) electrons. The molecule has 1 unspecified atom stereocenters. The van der Waals surface area contributed by atoms with E-state index in [4.69, 9.17) is 15.6 Å². The van der Waals surface area contributed by atoms with E-state index in [1.807, 2.05) is 0 Å². The molecule has 158 valence electrons. The average molecular weight is 412 g/mol. The molecule has 1 aromatic rings. The van der Waals surface area contributed by atoms with Crippen LogP contribution in [0.4, 0.5) is 8.78 Å². The normalized spacial score (nSPS) is 15.1. The highest BCUT2D eigenvalue weighted by molar-refractivity contribution is 6.01. The first-order valence-corrected chi connectivity index (χ1v) is 8.81. The van der Waals surface area contributed by atoms with Crippen LogP contribution in [0.1, 0.15) is 55.1 Å². The third-order valence-electron chi connectivity index (χ3n) is 4.31. The van der Waals surface area contributed by atoms with Gasteiger partial charge in [0.25, 0.3) is 5.91 Å². The molecule has 10 heteroatoms. The number of ether oxygens (including phenoxy) is 1. The number of carbonyl (C=O) groups is 4. The lowest BCUT2D eigenvalue weighted by molar-refractivity contribution is -0.166. The molecule has 8 nitrogen and oxygen atoms in total. The first kappa shape index (κ1) is 22.3. The Hall–Kier alpha value is -3.04. The fourth-order valence-corrected chi connectivity index (χ4v) is 3.01. The van der Waals surface area contributed by atoms with Crippen molar-refractivity contribution < 1.29 is 37.8 Å². The van der Waals surface area contributed by atoms with Crippen LogP contribution in [0.5, 0.6) is 0 Å². The number of carboxylic acids is 1. The lowest BCUT2D eigenvalue weighted by atomic mass is 10.0. The maximum absolute atomic E-state index is 13.7. The predicted octanol–water partition coefficient (Wildman–Crippen LogP) is 1.79. The van der Waals surface area contributed by atoms with Crippen molar-refractivity contribution in [3.05, 3.63) is 34.9 Å². The van der Waals surface area contributed by atoms with Crippen LogP contribution >= 0.6 is 0 Å². The van der Waals surface area contributed by atoms with Crippen molar-refractivity contribution >= 4 is 23.8 Å². The van der Waals surface area contributed by atoms with Gasteiger partial charge in [-0.3, -0.25) is 14.4 Å². The Morgan fingerprint density at radius 2 is 1.90 bits per heavy atom. The van der Waals surface area contributed by atoms with Crippen LogP contribution in [0, 0.1) is 0 Å². The average Bonchev–Trinajstić information content (AvgIpc) is 2.89. The number of rotatable bonds is 7. The van der Waals surface area contributed by atoms with E-state index in [1.54, 1.807) is 20.8 Å². The van der Waals surface area contributed by atoms with Gasteiger partial charge in [0.15, 0.2) is 0 Å². The lowest BCUT2D eigenvalue weighted by Crippen LogP contribution is -2.45. The molecule has 0 aromatic heterocycles. The largest absolute Gasteiger partial charge is 0.477 e. The molecular formula is C19H22F2N2O6. The van der Waals surface area contributed by atoms with Gasteiger partial charge >= 0.3 is 17.9 Å². The highest BCUT2D eigenvalue weighted by atomic mass is 19.3. The van der Waals surface area contributed by atoms with Gasteiger partial charge in [-0.2, -0.15) is 8.78 Å². The van der Waals surface area contributed by atoms with Gasteiger partial charge in [-0.05, 0) is 44.9 Å². The maximum Gasteiger partial charge on any atom is 0.379 e. The third kappa shape index (κ3) is 4.87. The Balaban J connectivity index is 2.20. The summed E-state index contributed by atoms with van der Waals surface area (Å²) in [6.07, 6.45) is -0.268. The van der Waals surface area contributed by atoms with E-state index in [0.717, 1.165) is 23.1 Å². The number of hydrogen-bond acceptors (Lipinski definition) is 5. The zero-order valence-electron chi connectivity index (χ0n) is 16.2. The Labute approximate surface area is 165 Å². The zero-order valence-corrected chi connectivity index (χ0v) is 16.2. The second-order valence-corrected chi connectivity index (χ2v) is 7.73.